The first kappa shape index (κ1) is 12.3. The molecule has 0 radical (unpaired) electrons. The van der Waals surface area contributed by atoms with Gasteiger partial charge in [0.15, 0.2) is 5.16 Å². The highest BCUT2D eigenvalue weighted by Crippen LogP contribution is 2.10. The van der Waals surface area contributed by atoms with Gasteiger partial charge < -0.3 is 10.3 Å². The molecular weight excluding hydrogens is 210 g/mol. The predicted molar refractivity (Wildman–Crippen MR) is 63.4 cm³/mol. The Kier molecular flexibility index (Phi) is 6.11. The molecule has 0 fully saturated rings. The fraction of sp³-hybridized carbons (Fsp3) is 0.600. The van der Waals surface area contributed by atoms with E-state index in [1.807, 2.05) is 0 Å². The maximum atomic E-state index is 10.9. The molecule has 0 bridgehead atoms. The van der Waals surface area contributed by atoms with Gasteiger partial charge in [-0.15, -0.1) is 0 Å². The van der Waals surface area contributed by atoms with Crippen LogP contribution in [0.5, 0.6) is 0 Å². The molecule has 0 saturated heterocycles. The summed E-state index contributed by atoms with van der Waals surface area (Å²) in [5, 5.41) is 4.03. The number of rotatable bonds is 7. The molecular formula is C10H17N3OS. The molecule has 1 rings (SSSR count). The quantitative estimate of drug-likeness (QED) is 0.418. The van der Waals surface area contributed by atoms with Crippen molar-refractivity contribution in [2.45, 2.75) is 24.9 Å². The Balaban J connectivity index is 2.12. The number of nitrogens with zero attached hydrogens (tertiary/aromatic N) is 1. The topological polar surface area (TPSA) is 57.8 Å². The van der Waals surface area contributed by atoms with Crippen molar-refractivity contribution in [1.29, 1.82) is 0 Å². The van der Waals surface area contributed by atoms with Crippen LogP contribution < -0.4 is 10.9 Å². The summed E-state index contributed by atoms with van der Waals surface area (Å²) in [7, 11) is 0. The van der Waals surface area contributed by atoms with Crippen LogP contribution in [-0.4, -0.2) is 28.8 Å². The van der Waals surface area contributed by atoms with Crippen molar-refractivity contribution >= 4 is 11.8 Å². The van der Waals surface area contributed by atoms with E-state index in [1.165, 1.54) is 18.7 Å². The van der Waals surface area contributed by atoms with Crippen LogP contribution in [0.3, 0.4) is 0 Å². The van der Waals surface area contributed by atoms with Gasteiger partial charge in [-0.2, -0.15) is 0 Å². The van der Waals surface area contributed by atoms with E-state index in [0.717, 1.165) is 25.3 Å². The number of H-pyrrole nitrogens is 1. The van der Waals surface area contributed by atoms with Gasteiger partial charge in [0.2, 0.25) is 0 Å². The summed E-state index contributed by atoms with van der Waals surface area (Å²) in [6, 6.07) is 1.42. The SMILES string of the molecule is CCCNCCCSc1nccc(=O)[nH]1. The Morgan fingerprint density at radius 3 is 3.13 bits per heavy atom. The van der Waals surface area contributed by atoms with Gasteiger partial charge in [-0.05, 0) is 25.9 Å². The van der Waals surface area contributed by atoms with E-state index in [4.69, 9.17) is 0 Å². The van der Waals surface area contributed by atoms with Crippen molar-refractivity contribution in [3.63, 3.8) is 0 Å². The average molecular weight is 227 g/mol. The Hall–Kier alpha value is -0.810. The zero-order valence-corrected chi connectivity index (χ0v) is 9.77. The highest BCUT2D eigenvalue weighted by Gasteiger charge is 1.95. The summed E-state index contributed by atoms with van der Waals surface area (Å²) in [6.07, 6.45) is 3.79. The third kappa shape index (κ3) is 5.59. The number of nitrogens with one attached hydrogen (secondary N) is 2. The smallest absolute Gasteiger partial charge is 0.251 e. The molecule has 0 aromatic carbocycles. The van der Waals surface area contributed by atoms with Gasteiger partial charge in [0.25, 0.3) is 5.56 Å². The van der Waals surface area contributed by atoms with E-state index in [1.54, 1.807) is 11.8 Å². The molecule has 1 heterocycles. The molecule has 5 heteroatoms. The van der Waals surface area contributed by atoms with Crippen LogP contribution in [0.1, 0.15) is 19.8 Å². The number of aromatic nitrogens is 2. The number of aromatic amines is 1. The molecule has 0 aliphatic carbocycles. The molecule has 0 aliphatic rings. The van der Waals surface area contributed by atoms with E-state index in [2.05, 4.69) is 22.2 Å². The second kappa shape index (κ2) is 7.48. The summed E-state index contributed by atoms with van der Waals surface area (Å²) >= 11 is 1.59. The first-order valence-corrected chi connectivity index (χ1v) is 6.20. The Morgan fingerprint density at radius 1 is 1.53 bits per heavy atom. The van der Waals surface area contributed by atoms with Gasteiger partial charge in [0.05, 0.1) is 0 Å². The summed E-state index contributed by atoms with van der Waals surface area (Å²) < 4.78 is 0. The van der Waals surface area contributed by atoms with Crippen LogP contribution in [0.4, 0.5) is 0 Å². The summed E-state index contributed by atoms with van der Waals surface area (Å²) in [6.45, 7) is 4.25. The van der Waals surface area contributed by atoms with E-state index < -0.39 is 0 Å². The Bertz CT molecular complexity index is 326. The molecule has 1 aromatic rings. The summed E-state index contributed by atoms with van der Waals surface area (Å²) in [4.78, 5) is 17.7. The molecule has 0 aliphatic heterocycles. The first-order chi connectivity index (χ1) is 7.33. The zero-order chi connectivity index (χ0) is 10.9. The molecule has 0 saturated carbocycles. The Morgan fingerprint density at radius 2 is 2.40 bits per heavy atom. The van der Waals surface area contributed by atoms with Crippen molar-refractivity contribution in [2.24, 2.45) is 0 Å². The summed E-state index contributed by atoms with van der Waals surface area (Å²) in [5.74, 6) is 0.976. The first-order valence-electron chi connectivity index (χ1n) is 5.21. The van der Waals surface area contributed by atoms with Crippen molar-refractivity contribution in [2.75, 3.05) is 18.8 Å². The highest BCUT2D eigenvalue weighted by molar-refractivity contribution is 7.99. The van der Waals surface area contributed by atoms with E-state index in [9.17, 15) is 4.79 Å². The normalized spacial score (nSPS) is 10.5. The lowest BCUT2D eigenvalue weighted by Gasteiger charge is -2.02. The van der Waals surface area contributed by atoms with Gasteiger partial charge in [0.1, 0.15) is 0 Å². The number of thioether (sulfide) groups is 1. The second-order valence-electron chi connectivity index (χ2n) is 3.19. The second-order valence-corrected chi connectivity index (χ2v) is 4.27. The van der Waals surface area contributed by atoms with Crippen LogP contribution >= 0.6 is 11.8 Å². The lowest BCUT2D eigenvalue weighted by molar-refractivity contribution is 0.664. The molecule has 0 atom stereocenters. The largest absolute Gasteiger partial charge is 0.317 e. The van der Waals surface area contributed by atoms with Crippen molar-refractivity contribution in [3.05, 3.63) is 22.6 Å². The molecule has 15 heavy (non-hydrogen) atoms. The molecule has 0 amide bonds. The summed E-state index contributed by atoms with van der Waals surface area (Å²) in [5.41, 5.74) is -0.0865. The van der Waals surface area contributed by atoms with Crippen LogP contribution in [0.2, 0.25) is 0 Å². The maximum Gasteiger partial charge on any atom is 0.251 e. The van der Waals surface area contributed by atoms with Crippen LogP contribution in [0, 0.1) is 0 Å². The highest BCUT2D eigenvalue weighted by atomic mass is 32.2. The lowest BCUT2D eigenvalue weighted by Crippen LogP contribution is -2.16. The minimum absolute atomic E-state index is 0.0865. The number of hydrogen-bond donors (Lipinski definition) is 2. The lowest BCUT2D eigenvalue weighted by atomic mass is 10.4. The van der Waals surface area contributed by atoms with Crippen LogP contribution in [-0.2, 0) is 0 Å². The van der Waals surface area contributed by atoms with Crippen molar-refractivity contribution in [3.8, 4) is 0 Å². The minimum atomic E-state index is -0.0865. The molecule has 2 N–H and O–H groups in total. The molecule has 84 valence electrons. The fourth-order valence-electron chi connectivity index (χ4n) is 1.09. The fourth-order valence-corrected chi connectivity index (χ4v) is 1.88. The monoisotopic (exact) mass is 227 g/mol. The molecule has 1 aromatic heterocycles. The van der Waals surface area contributed by atoms with Crippen LogP contribution in [0.15, 0.2) is 22.2 Å². The van der Waals surface area contributed by atoms with Gasteiger partial charge in [-0.25, -0.2) is 4.98 Å². The average Bonchev–Trinajstić information content (AvgIpc) is 2.23. The predicted octanol–water partition coefficient (Wildman–Crippen LogP) is 1.25. The van der Waals surface area contributed by atoms with Crippen molar-refractivity contribution < 1.29 is 0 Å². The molecule has 0 spiro atoms. The molecule has 4 nitrogen and oxygen atoms in total. The maximum absolute atomic E-state index is 10.9. The number of hydrogen-bond acceptors (Lipinski definition) is 4. The Labute approximate surface area is 93.9 Å². The van der Waals surface area contributed by atoms with Crippen LogP contribution in [0.25, 0.3) is 0 Å². The van der Waals surface area contributed by atoms with Gasteiger partial charge in [-0.1, -0.05) is 18.7 Å². The third-order valence-corrected chi connectivity index (χ3v) is 2.78. The minimum Gasteiger partial charge on any atom is -0.317 e. The van der Waals surface area contributed by atoms with Gasteiger partial charge in [-0.3, -0.25) is 4.79 Å². The van der Waals surface area contributed by atoms with E-state index in [0.29, 0.717) is 5.16 Å². The zero-order valence-electron chi connectivity index (χ0n) is 8.95. The van der Waals surface area contributed by atoms with Crippen molar-refractivity contribution in [1.82, 2.24) is 15.3 Å². The molecule has 0 unspecified atom stereocenters. The standard InChI is InChI=1S/C10H17N3OS/c1-2-5-11-6-3-8-15-10-12-7-4-9(14)13-10/h4,7,11H,2-3,5-6,8H2,1H3,(H,12,13,14). The van der Waals surface area contributed by atoms with Gasteiger partial charge >= 0.3 is 0 Å². The van der Waals surface area contributed by atoms with Gasteiger partial charge in [0, 0.05) is 18.0 Å². The van der Waals surface area contributed by atoms with E-state index in [-0.39, 0.29) is 5.56 Å². The van der Waals surface area contributed by atoms with E-state index >= 15 is 0 Å². The third-order valence-electron chi connectivity index (χ3n) is 1.81.